The Morgan fingerprint density at radius 2 is 2.05 bits per heavy atom. The molecule has 3 nitrogen and oxygen atoms in total. The van der Waals surface area contributed by atoms with Gasteiger partial charge in [0.05, 0.1) is 23.4 Å². The quantitative estimate of drug-likeness (QED) is 0.871. The number of nitrogens with one attached hydrogen (secondary N) is 1. The fraction of sp³-hybridized carbons (Fsp3) is 0.438. The molecule has 0 aliphatic carbocycles. The highest BCUT2D eigenvalue weighted by Gasteiger charge is 2.13. The number of nitrogens with zero attached hydrogens (tertiary/aromatic N) is 1. The number of aryl methyl sites for hydroxylation is 3. The van der Waals surface area contributed by atoms with E-state index in [1.54, 1.807) is 11.3 Å². The van der Waals surface area contributed by atoms with Crippen molar-refractivity contribution in [1.82, 2.24) is 4.98 Å². The standard InChI is InChI=1S/C16H22N2OS/c1-6-19-14-7-8-15(10(2)9-14)17-11(3)16-12(4)20-13(5)18-16/h7-9,11,17H,6H2,1-5H3. The summed E-state index contributed by atoms with van der Waals surface area (Å²) >= 11 is 1.75. The number of thiazole rings is 1. The Kier molecular flexibility index (Phi) is 4.65. The summed E-state index contributed by atoms with van der Waals surface area (Å²) < 4.78 is 5.52. The Morgan fingerprint density at radius 1 is 1.30 bits per heavy atom. The van der Waals surface area contributed by atoms with Gasteiger partial charge in [0.2, 0.25) is 0 Å². The molecule has 0 bridgehead atoms. The molecule has 20 heavy (non-hydrogen) atoms. The van der Waals surface area contributed by atoms with Crippen molar-refractivity contribution >= 4 is 17.0 Å². The normalized spacial score (nSPS) is 12.2. The summed E-state index contributed by atoms with van der Waals surface area (Å²) in [5.74, 6) is 0.920. The first-order valence-corrected chi connectivity index (χ1v) is 7.76. The van der Waals surface area contributed by atoms with Gasteiger partial charge in [-0.25, -0.2) is 4.98 Å². The zero-order chi connectivity index (χ0) is 14.7. The maximum atomic E-state index is 5.52. The lowest BCUT2D eigenvalue weighted by Crippen LogP contribution is -2.09. The van der Waals surface area contributed by atoms with Crippen molar-refractivity contribution in [2.45, 2.75) is 40.7 Å². The number of hydrogen-bond acceptors (Lipinski definition) is 4. The van der Waals surface area contributed by atoms with Gasteiger partial charge in [-0.05, 0) is 58.4 Å². The number of rotatable bonds is 5. The van der Waals surface area contributed by atoms with Crippen molar-refractivity contribution in [2.24, 2.45) is 0 Å². The summed E-state index contributed by atoms with van der Waals surface area (Å²) in [5, 5.41) is 4.66. The average molecular weight is 290 g/mol. The zero-order valence-electron chi connectivity index (χ0n) is 12.8. The van der Waals surface area contributed by atoms with Gasteiger partial charge in [0.15, 0.2) is 0 Å². The Hall–Kier alpha value is -1.55. The van der Waals surface area contributed by atoms with Crippen LogP contribution in [0.3, 0.4) is 0 Å². The van der Waals surface area contributed by atoms with Gasteiger partial charge in [-0.15, -0.1) is 11.3 Å². The molecule has 1 heterocycles. The third-order valence-corrected chi connectivity index (χ3v) is 4.13. The van der Waals surface area contributed by atoms with Crippen LogP contribution >= 0.6 is 11.3 Å². The summed E-state index contributed by atoms with van der Waals surface area (Å²) in [4.78, 5) is 5.90. The van der Waals surface area contributed by atoms with E-state index < -0.39 is 0 Å². The first kappa shape index (κ1) is 14.9. The Bertz CT molecular complexity index is 592. The third-order valence-electron chi connectivity index (χ3n) is 3.23. The van der Waals surface area contributed by atoms with Gasteiger partial charge in [-0.1, -0.05) is 0 Å². The van der Waals surface area contributed by atoms with Crippen LogP contribution < -0.4 is 10.1 Å². The van der Waals surface area contributed by atoms with Crippen molar-refractivity contribution in [3.8, 4) is 5.75 Å². The molecule has 1 aromatic heterocycles. The second-order valence-electron chi connectivity index (χ2n) is 4.95. The lowest BCUT2D eigenvalue weighted by molar-refractivity contribution is 0.340. The van der Waals surface area contributed by atoms with E-state index in [4.69, 9.17) is 4.74 Å². The van der Waals surface area contributed by atoms with Crippen LogP contribution in [0.4, 0.5) is 5.69 Å². The van der Waals surface area contributed by atoms with E-state index in [2.05, 4.69) is 50.1 Å². The molecule has 2 aromatic rings. The third kappa shape index (κ3) is 3.31. The lowest BCUT2D eigenvalue weighted by Gasteiger charge is -2.17. The predicted molar refractivity (Wildman–Crippen MR) is 86.0 cm³/mol. The van der Waals surface area contributed by atoms with E-state index >= 15 is 0 Å². The van der Waals surface area contributed by atoms with Gasteiger partial charge in [0.25, 0.3) is 0 Å². The number of hydrogen-bond donors (Lipinski definition) is 1. The summed E-state index contributed by atoms with van der Waals surface area (Å²) in [6.45, 7) is 11.1. The van der Waals surface area contributed by atoms with E-state index in [9.17, 15) is 0 Å². The van der Waals surface area contributed by atoms with Crippen LogP contribution in [0.5, 0.6) is 5.75 Å². The largest absolute Gasteiger partial charge is 0.494 e. The lowest BCUT2D eigenvalue weighted by atomic mass is 10.1. The highest BCUT2D eigenvalue weighted by Crippen LogP contribution is 2.28. The molecule has 1 unspecified atom stereocenters. The minimum atomic E-state index is 0.205. The van der Waals surface area contributed by atoms with Crippen molar-refractivity contribution in [3.05, 3.63) is 39.3 Å². The van der Waals surface area contributed by atoms with Crippen molar-refractivity contribution in [2.75, 3.05) is 11.9 Å². The van der Waals surface area contributed by atoms with Crippen LogP contribution in [0.2, 0.25) is 0 Å². The van der Waals surface area contributed by atoms with Crippen LogP contribution in [-0.4, -0.2) is 11.6 Å². The average Bonchev–Trinajstić information content (AvgIpc) is 2.72. The molecule has 0 radical (unpaired) electrons. The molecule has 0 saturated carbocycles. The predicted octanol–water partition coefficient (Wildman–Crippen LogP) is 4.64. The zero-order valence-corrected chi connectivity index (χ0v) is 13.6. The first-order valence-electron chi connectivity index (χ1n) is 6.95. The van der Waals surface area contributed by atoms with Crippen LogP contribution in [0.15, 0.2) is 18.2 Å². The highest BCUT2D eigenvalue weighted by atomic mass is 32.1. The van der Waals surface area contributed by atoms with Gasteiger partial charge >= 0.3 is 0 Å². The monoisotopic (exact) mass is 290 g/mol. The van der Waals surface area contributed by atoms with Crippen LogP contribution in [0, 0.1) is 20.8 Å². The SMILES string of the molecule is CCOc1ccc(NC(C)c2nc(C)sc2C)c(C)c1. The van der Waals surface area contributed by atoms with Gasteiger partial charge in [0.1, 0.15) is 5.75 Å². The maximum absolute atomic E-state index is 5.52. The second-order valence-corrected chi connectivity index (χ2v) is 6.36. The van der Waals surface area contributed by atoms with Gasteiger partial charge < -0.3 is 10.1 Å². The first-order chi connectivity index (χ1) is 9.51. The van der Waals surface area contributed by atoms with Crippen molar-refractivity contribution in [3.63, 3.8) is 0 Å². The van der Waals surface area contributed by atoms with Gasteiger partial charge in [-0.2, -0.15) is 0 Å². The van der Waals surface area contributed by atoms with E-state index in [0.717, 1.165) is 22.1 Å². The summed E-state index contributed by atoms with van der Waals surface area (Å²) in [5.41, 5.74) is 3.46. The summed E-state index contributed by atoms with van der Waals surface area (Å²) in [6, 6.07) is 6.35. The molecule has 4 heteroatoms. The number of benzene rings is 1. The van der Waals surface area contributed by atoms with E-state index in [-0.39, 0.29) is 6.04 Å². The van der Waals surface area contributed by atoms with E-state index in [1.807, 2.05) is 13.0 Å². The smallest absolute Gasteiger partial charge is 0.119 e. The Balaban J connectivity index is 2.15. The second kappa shape index (κ2) is 6.27. The molecule has 1 atom stereocenters. The molecule has 0 spiro atoms. The maximum Gasteiger partial charge on any atom is 0.119 e. The molecule has 1 N–H and O–H groups in total. The molecule has 0 aliphatic rings. The van der Waals surface area contributed by atoms with Gasteiger partial charge in [0, 0.05) is 10.6 Å². The minimum Gasteiger partial charge on any atom is -0.494 e. The summed E-state index contributed by atoms with van der Waals surface area (Å²) in [7, 11) is 0. The van der Waals surface area contributed by atoms with E-state index in [1.165, 1.54) is 10.4 Å². The minimum absolute atomic E-state index is 0.205. The van der Waals surface area contributed by atoms with Crippen LogP contribution in [0.1, 0.15) is 41.0 Å². The molecule has 0 amide bonds. The molecule has 0 fully saturated rings. The number of anilines is 1. The fourth-order valence-corrected chi connectivity index (χ4v) is 3.22. The summed E-state index contributed by atoms with van der Waals surface area (Å²) in [6.07, 6.45) is 0. The van der Waals surface area contributed by atoms with E-state index in [0.29, 0.717) is 6.61 Å². The van der Waals surface area contributed by atoms with Crippen molar-refractivity contribution in [1.29, 1.82) is 0 Å². The highest BCUT2D eigenvalue weighted by molar-refractivity contribution is 7.11. The van der Waals surface area contributed by atoms with Gasteiger partial charge in [-0.3, -0.25) is 0 Å². The fourth-order valence-electron chi connectivity index (χ4n) is 2.30. The molecule has 0 aliphatic heterocycles. The topological polar surface area (TPSA) is 34.1 Å². The Morgan fingerprint density at radius 3 is 2.60 bits per heavy atom. The van der Waals surface area contributed by atoms with Crippen LogP contribution in [0.25, 0.3) is 0 Å². The number of aromatic nitrogens is 1. The molecule has 108 valence electrons. The molecule has 1 aromatic carbocycles. The molecular weight excluding hydrogens is 268 g/mol. The molecular formula is C16H22N2OS. The Labute approximate surface area is 125 Å². The number of ether oxygens (including phenoxy) is 1. The molecule has 2 rings (SSSR count). The molecule has 0 saturated heterocycles. The van der Waals surface area contributed by atoms with Crippen molar-refractivity contribution < 1.29 is 4.74 Å². The van der Waals surface area contributed by atoms with Crippen LogP contribution in [-0.2, 0) is 0 Å².